The Morgan fingerprint density at radius 2 is 1.69 bits per heavy atom. The lowest BCUT2D eigenvalue weighted by Crippen LogP contribution is -2.41. The molecule has 0 radical (unpaired) electrons. The first kappa shape index (κ1) is 24.1. The first-order chi connectivity index (χ1) is 16.9. The summed E-state index contributed by atoms with van der Waals surface area (Å²) in [4.78, 5) is 33.2. The number of rotatable bonds is 3. The van der Waals surface area contributed by atoms with Gasteiger partial charge in [-0.1, -0.05) is 0 Å². The summed E-state index contributed by atoms with van der Waals surface area (Å²) in [5.41, 5.74) is 8.40. The van der Waals surface area contributed by atoms with Crippen LogP contribution in [0.2, 0.25) is 0 Å². The molecule has 2 N–H and O–H groups in total. The molecule has 1 aliphatic heterocycles. The summed E-state index contributed by atoms with van der Waals surface area (Å²) in [5, 5.41) is 0. The number of carbonyl (C=O) groups excluding carboxylic acids is 1. The van der Waals surface area contributed by atoms with Gasteiger partial charge in [0.05, 0.1) is 17.2 Å². The molecule has 1 saturated carbocycles. The van der Waals surface area contributed by atoms with Gasteiger partial charge in [0.2, 0.25) is 0 Å². The highest BCUT2D eigenvalue weighted by Crippen LogP contribution is 2.53. The predicted octanol–water partition coefficient (Wildman–Crippen LogP) is 4.99. The Balaban J connectivity index is 1.62. The molecule has 36 heavy (non-hydrogen) atoms. The van der Waals surface area contributed by atoms with Gasteiger partial charge in [0.1, 0.15) is 11.5 Å². The highest BCUT2D eigenvalue weighted by atomic mass is 19.4. The van der Waals surface area contributed by atoms with Crippen molar-refractivity contribution in [3.63, 3.8) is 0 Å². The third kappa shape index (κ3) is 4.29. The van der Waals surface area contributed by atoms with E-state index in [9.17, 15) is 18.0 Å². The number of fused-ring (bicyclic) bond motifs is 1. The number of hydrogen-bond donors (Lipinski definition) is 1. The molecule has 2 fully saturated rings. The molecule has 1 amide bonds. The van der Waals surface area contributed by atoms with Crippen molar-refractivity contribution in [3.05, 3.63) is 63.9 Å². The van der Waals surface area contributed by atoms with Crippen LogP contribution in [0.25, 0.3) is 11.4 Å². The third-order valence-electron chi connectivity index (χ3n) is 7.18. The van der Waals surface area contributed by atoms with E-state index < -0.39 is 17.8 Å². The second kappa shape index (κ2) is 8.53. The Morgan fingerprint density at radius 1 is 1.00 bits per heavy atom. The lowest BCUT2D eigenvalue weighted by molar-refractivity contribution is -0.138. The number of hydrogen-bond acceptors (Lipinski definition) is 6. The number of alkyl halides is 3. The fourth-order valence-corrected chi connectivity index (χ4v) is 5.34. The van der Waals surface area contributed by atoms with Crippen molar-refractivity contribution in [1.29, 1.82) is 0 Å². The molecule has 0 aromatic carbocycles. The SMILES string of the molecule is Cc1cc(C)nc(-c2ccc(C)nc2C(=O)N2CC3CC3CC2c2c(N)ncc(C(F)(F)F)c2C)n1. The fourth-order valence-electron chi connectivity index (χ4n) is 5.34. The average Bonchev–Trinajstić information content (AvgIpc) is 3.55. The summed E-state index contributed by atoms with van der Waals surface area (Å²) in [6, 6.07) is 4.77. The van der Waals surface area contributed by atoms with E-state index in [2.05, 4.69) is 19.9 Å². The van der Waals surface area contributed by atoms with Crippen LogP contribution in [0.3, 0.4) is 0 Å². The number of nitrogen functional groups attached to an aromatic ring is 1. The number of pyridine rings is 2. The Kier molecular flexibility index (Phi) is 5.72. The normalized spacial score (nSPS) is 21.3. The van der Waals surface area contributed by atoms with Crippen LogP contribution >= 0.6 is 0 Å². The van der Waals surface area contributed by atoms with E-state index in [-0.39, 0.29) is 28.5 Å². The molecule has 5 rings (SSSR count). The van der Waals surface area contributed by atoms with Gasteiger partial charge in [-0.3, -0.25) is 4.79 Å². The van der Waals surface area contributed by atoms with Crippen LogP contribution in [0.15, 0.2) is 24.4 Å². The smallest absolute Gasteiger partial charge is 0.383 e. The lowest BCUT2D eigenvalue weighted by Gasteiger charge is -2.37. The van der Waals surface area contributed by atoms with Gasteiger partial charge in [0, 0.05) is 35.4 Å². The van der Waals surface area contributed by atoms with E-state index in [4.69, 9.17) is 5.73 Å². The highest BCUT2D eigenvalue weighted by Gasteiger charge is 2.49. The first-order valence-electron chi connectivity index (χ1n) is 11.9. The number of piperidine rings is 1. The van der Waals surface area contributed by atoms with Crippen molar-refractivity contribution in [2.75, 3.05) is 12.3 Å². The second-order valence-corrected chi connectivity index (χ2v) is 9.88. The average molecular weight is 497 g/mol. The molecule has 1 saturated heterocycles. The maximum atomic E-state index is 14.1. The van der Waals surface area contributed by atoms with Crippen LogP contribution in [-0.2, 0) is 6.18 Å². The summed E-state index contributed by atoms with van der Waals surface area (Å²) < 4.78 is 41.1. The van der Waals surface area contributed by atoms with Gasteiger partial charge in [-0.15, -0.1) is 0 Å². The van der Waals surface area contributed by atoms with Gasteiger partial charge >= 0.3 is 6.18 Å². The maximum Gasteiger partial charge on any atom is 0.418 e. The lowest BCUT2D eigenvalue weighted by atomic mass is 9.90. The van der Waals surface area contributed by atoms with E-state index in [0.29, 0.717) is 41.9 Å². The minimum Gasteiger partial charge on any atom is -0.383 e. The predicted molar refractivity (Wildman–Crippen MR) is 128 cm³/mol. The van der Waals surface area contributed by atoms with Crippen molar-refractivity contribution >= 4 is 11.7 Å². The minimum atomic E-state index is -4.57. The number of halogens is 3. The largest absolute Gasteiger partial charge is 0.418 e. The summed E-state index contributed by atoms with van der Waals surface area (Å²) in [6.45, 7) is 7.30. The first-order valence-corrected chi connectivity index (χ1v) is 11.9. The summed E-state index contributed by atoms with van der Waals surface area (Å²) in [7, 11) is 0. The zero-order valence-electron chi connectivity index (χ0n) is 20.5. The van der Waals surface area contributed by atoms with E-state index >= 15 is 0 Å². The molecular formula is C26H27F3N6O. The summed E-state index contributed by atoms with van der Waals surface area (Å²) >= 11 is 0. The molecule has 3 atom stereocenters. The van der Waals surface area contributed by atoms with Crippen LogP contribution < -0.4 is 5.73 Å². The summed E-state index contributed by atoms with van der Waals surface area (Å²) in [6.07, 6.45) is -2.34. The quantitative estimate of drug-likeness (QED) is 0.549. The number of nitrogens with zero attached hydrogens (tertiary/aromatic N) is 5. The number of anilines is 1. The Morgan fingerprint density at radius 3 is 2.36 bits per heavy atom. The standard InChI is InChI=1S/C26H27F3N6O/c1-12-5-6-18(24-33-13(2)7-14(3)34-24)22(32-12)25(36)35-11-17-8-16(17)9-20(35)21-15(4)19(26(27,28)29)10-31-23(21)30/h5-7,10,16-17,20H,8-9,11H2,1-4H3,(H2,30,31). The topological polar surface area (TPSA) is 97.9 Å². The number of carbonyl (C=O) groups is 1. The molecule has 2 aliphatic rings. The van der Waals surface area contributed by atoms with Gasteiger partial charge in [-0.2, -0.15) is 13.2 Å². The van der Waals surface area contributed by atoms with Gasteiger partial charge in [-0.25, -0.2) is 19.9 Å². The number of likely N-dealkylation sites (tertiary alicyclic amines) is 1. The van der Waals surface area contributed by atoms with Gasteiger partial charge in [-0.05, 0) is 76.1 Å². The van der Waals surface area contributed by atoms with E-state index in [1.54, 1.807) is 24.0 Å². The Hall–Kier alpha value is -3.56. The molecule has 3 unspecified atom stereocenters. The third-order valence-corrected chi connectivity index (χ3v) is 7.18. The molecule has 10 heteroatoms. The minimum absolute atomic E-state index is 0.00645. The zero-order chi connectivity index (χ0) is 25.9. The Bertz CT molecular complexity index is 1350. The van der Waals surface area contributed by atoms with Crippen LogP contribution in [0.4, 0.5) is 19.0 Å². The van der Waals surface area contributed by atoms with Gasteiger partial charge < -0.3 is 10.6 Å². The van der Waals surface area contributed by atoms with E-state index in [1.807, 2.05) is 19.9 Å². The van der Waals surface area contributed by atoms with Crippen LogP contribution in [0, 0.1) is 39.5 Å². The van der Waals surface area contributed by atoms with Crippen molar-refractivity contribution in [3.8, 4) is 11.4 Å². The van der Waals surface area contributed by atoms with Crippen LogP contribution in [0.5, 0.6) is 0 Å². The van der Waals surface area contributed by atoms with Gasteiger partial charge in [0.15, 0.2) is 5.82 Å². The van der Waals surface area contributed by atoms with Gasteiger partial charge in [0.25, 0.3) is 5.91 Å². The molecule has 3 aromatic rings. The Labute approximate surface area is 207 Å². The molecule has 7 nitrogen and oxygen atoms in total. The fraction of sp³-hybridized carbons (Fsp3) is 0.423. The molecule has 4 heterocycles. The number of amides is 1. The number of aryl methyl sites for hydroxylation is 3. The molecule has 1 aliphatic carbocycles. The van der Waals surface area contributed by atoms with Crippen molar-refractivity contribution < 1.29 is 18.0 Å². The molecular weight excluding hydrogens is 469 g/mol. The molecule has 3 aromatic heterocycles. The summed E-state index contributed by atoms with van der Waals surface area (Å²) in [5.74, 6) is 0.689. The van der Waals surface area contributed by atoms with E-state index in [1.165, 1.54) is 6.92 Å². The number of nitrogens with two attached hydrogens (primary N) is 1. The van der Waals surface area contributed by atoms with E-state index in [0.717, 1.165) is 24.0 Å². The highest BCUT2D eigenvalue weighted by molar-refractivity contribution is 5.98. The molecule has 188 valence electrons. The second-order valence-electron chi connectivity index (χ2n) is 9.88. The van der Waals surface area contributed by atoms with Crippen molar-refractivity contribution in [1.82, 2.24) is 24.8 Å². The zero-order valence-corrected chi connectivity index (χ0v) is 20.5. The maximum absolute atomic E-state index is 14.1. The molecule has 0 spiro atoms. The van der Waals surface area contributed by atoms with Crippen molar-refractivity contribution in [2.24, 2.45) is 11.8 Å². The molecule has 0 bridgehead atoms. The van der Waals surface area contributed by atoms with Crippen LogP contribution in [0.1, 0.15) is 63.1 Å². The van der Waals surface area contributed by atoms with Crippen molar-refractivity contribution in [2.45, 2.75) is 52.8 Å². The van der Waals surface area contributed by atoms with Crippen LogP contribution in [-0.4, -0.2) is 37.3 Å². The monoisotopic (exact) mass is 496 g/mol. The number of aromatic nitrogens is 4.